The van der Waals surface area contributed by atoms with Crippen LogP contribution in [-0.2, 0) is 21.5 Å². The quantitative estimate of drug-likeness (QED) is 0.757. The topological polar surface area (TPSA) is 76.7 Å². The molecule has 2 aromatic carbocycles. The molecule has 134 valence electrons. The van der Waals surface area contributed by atoms with Gasteiger partial charge in [-0.1, -0.05) is 42.5 Å². The third kappa shape index (κ3) is 5.45. The van der Waals surface area contributed by atoms with Crippen molar-refractivity contribution in [1.29, 1.82) is 0 Å². The lowest BCUT2D eigenvalue weighted by Crippen LogP contribution is -2.30. The third-order valence-corrected chi connectivity index (χ3v) is 4.90. The molecule has 1 saturated heterocycles. The molecule has 0 aromatic heterocycles. The molecule has 0 aliphatic carbocycles. The average molecular weight is 362 g/mol. The first-order chi connectivity index (χ1) is 12.1. The van der Waals surface area contributed by atoms with Crippen LogP contribution in [0.5, 0.6) is 5.75 Å². The second-order valence-corrected chi connectivity index (χ2v) is 7.35. The largest absolute Gasteiger partial charge is 0.489 e. The van der Waals surface area contributed by atoms with E-state index in [1.54, 1.807) is 24.3 Å². The van der Waals surface area contributed by atoms with E-state index in [2.05, 4.69) is 9.44 Å². The van der Waals surface area contributed by atoms with Crippen molar-refractivity contribution in [1.82, 2.24) is 4.72 Å². The molecule has 1 aliphatic heterocycles. The van der Waals surface area contributed by atoms with E-state index in [1.165, 1.54) is 0 Å². The summed E-state index contributed by atoms with van der Waals surface area (Å²) in [5, 5.41) is 0. The number of ether oxygens (including phenoxy) is 2. The monoisotopic (exact) mass is 362 g/mol. The molecule has 7 heteroatoms. The van der Waals surface area contributed by atoms with Crippen molar-refractivity contribution in [2.75, 3.05) is 17.9 Å². The van der Waals surface area contributed by atoms with Crippen molar-refractivity contribution in [3.63, 3.8) is 0 Å². The Balaban J connectivity index is 1.60. The van der Waals surface area contributed by atoms with Gasteiger partial charge < -0.3 is 9.47 Å². The Hall–Kier alpha value is -2.09. The highest BCUT2D eigenvalue weighted by atomic mass is 32.2. The Kier molecular flexibility index (Phi) is 5.91. The van der Waals surface area contributed by atoms with Gasteiger partial charge in [-0.05, 0) is 30.5 Å². The van der Waals surface area contributed by atoms with Crippen LogP contribution in [0.2, 0.25) is 0 Å². The van der Waals surface area contributed by atoms with Crippen molar-refractivity contribution in [3.8, 4) is 5.75 Å². The lowest BCUT2D eigenvalue weighted by molar-refractivity contribution is 0.0682. The molecule has 1 fully saturated rings. The van der Waals surface area contributed by atoms with E-state index in [9.17, 15) is 8.42 Å². The summed E-state index contributed by atoms with van der Waals surface area (Å²) < 4.78 is 40.9. The maximum absolute atomic E-state index is 12.3. The van der Waals surface area contributed by atoms with E-state index in [-0.39, 0.29) is 12.6 Å². The lowest BCUT2D eigenvalue weighted by Gasteiger charge is -2.16. The molecule has 0 bridgehead atoms. The molecule has 6 nitrogen and oxygen atoms in total. The number of rotatable bonds is 8. The van der Waals surface area contributed by atoms with Crippen LogP contribution in [0.25, 0.3) is 0 Å². The first-order valence-corrected chi connectivity index (χ1v) is 9.75. The zero-order valence-corrected chi connectivity index (χ0v) is 14.7. The molecule has 0 unspecified atom stereocenters. The SMILES string of the molecule is O=S(=O)(NCc1ccccc1)Nc1ccccc1OC[C@@H]1CCCO1. The molecular weight excluding hydrogens is 340 g/mol. The molecule has 2 aromatic rings. The van der Waals surface area contributed by atoms with Crippen LogP contribution >= 0.6 is 0 Å². The minimum absolute atomic E-state index is 0.0702. The van der Waals surface area contributed by atoms with Crippen molar-refractivity contribution in [2.24, 2.45) is 0 Å². The molecule has 1 atom stereocenters. The predicted octanol–water partition coefficient (Wildman–Crippen LogP) is 2.69. The van der Waals surface area contributed by atoms with E-state index in [0.29, 0.717) is 18.0 Å². The lowest BCUT2D eigenvalue weighted by atomic mass is 10.2. The minimum atomic E-state index is -3.70. The number of benzene rings is 2. The van der Waals surface area contributed by atoms with Gasteiger partial charge in [0.1, 0.15) is 12.4 Å². The van der Waals surface area contributed by atoms with Crippen LogP contribution < -0.4 is 14.2 Å². The summed E-state index contributed by atoms with van der Waals surface area (Å²) in [6, 6.07) is 16.3. The number of para-hydroxylation sites is 2. The highest BCUT2D eigenvalue weighted by Crippen LogP contribution is 2.25. The Bertz CT molecular complexity index is 775. The van der Waals surface area contributed by atoms with Gasteiger partial charge in [0, 0.05) is 13.2 Å². The van der Waals surface area contributed by atoms with Gasteiger partial charge in [-0.3, -0.25) is 4.72 Å². The Morgan fingerprint density at radius 3 is 2.60 bits per heavy atom. The fourth-order valence-corrected chi connectivity index (χ4v) is 3.48. The third-order valence-electron chi connectivity index (χ3n) is 3.89. The van der Waals surface area contributed by atoms with Crippen molar-refractivity contribution >= 4 is 15.9 Å². The summed E-state index contributed by atoms with van der Waals surface area (Å²) in [6.07, 6.45) is 2.07. The van der Waals surface area contributed by atoms with Crippen molar-refractivity contribution in [2.45, 2.75) is 25.5 Å². The zero-order valence-electron chi connectivity index (χ0n) is 13.9. The smallest absolute Gasteiger partial charge is 0.299 e. The number of anilines is 1. The Labute approximate surface area is 148 Å². The highest BCUT2D eigenvalue weighted by molar-refractivity contribution is 7.90. The van der Waals surface area contributed by atoms with Gasteiger partial charge in [0.15, 0.2) is 0 Å². The maximum atomic E-state index is 12.3. The highest BCUT2D eigenvalue weighted by Gasteiger charge is 2.18. The molecule has 3 rings (SSSR count). The molecule has 0 saturated carbocycles. The van der Waals surface area contributed by atoms with E-state index < -0.39 is 10.2 Å². The second kappa shape index (κ2) is 8.33. The minimum Gasteiger partial charge on any atom is -0.489 e. The van der Waals surface area contributed by atoms with Gasteiger partial charge in [-0.15, -0.1) is 0 Å². The van der Waals surface area contributed by atoms with Gasteiger partial charge >= 0.3 is 0 Å². The van der Waals surface area contributed by atoms with Gasteiger partial charge in [0.05, 0.1) is 11.8 Å². The van der Waals surface area contributed by atoms with E-state index in [4.69, 9.17) is 9.47 Å². The second-order valence-electron chi connectivity index (χ2n) is 5.85. The fourth-order valence-electron chi connectivity index (χ4n) is 2.59. The molecule has 0 radical (unpaired) electrons. The summed E-state index contributed by atoms with van der Waals surface area (Å²) in [4.78, 5) is 0. The number of nitrogens with one attached hydrogen (secondary N) is 2. The maximum Gasteiger partial charge on any atom is 0.299 e. The van der Waals surface area contributed by atoms with Crippen LogP contribution in [0, 0.1) is 0 Å². The van der Waals surface area contributed by atoms with Crippen molar-refractivity contribution in [3.05, 3.63) is 60.2 Å². The van der Waals surface area contributed by atoms with Gasteiger partial charge in [0.25, 0.3) is 10.2 Å². The Morgan fingerprint density at radius 1 is 1.08 bits per heavy atom. The normalized spacial score (nSPS) is 17.4. The molecule has 2 N–H and O–H groups in total. The standard InChI is InChI=1S/C18H22N2O4S/c21-25(22,19-13-15-7-2-1-3-8-15)20-17-10-4-5-11-18(17)24-14-16-9-6-12-23-16/h1-5,7-8,10-11,16,19-20H,6,9,12-14H2/t16-/m0/s1. The average Bonchev–Trinajstić information content (AvgIpc) is 3.14. The molecule has 0 amide bonds. The fraction of sp³-hybridized carbons (Fsp3) is 0.333. The van der Waals surface area contributed by atoms with Gasteiger partial charge in [-0.25, -0.2) is 0 Å². The first-order valence-electron chi connectivity index (χ1n) is 8.27. The Morgan fingerprint density at radius 2 is 1.84 bits per heavy atom. The zero-order chi connectivity index (χ0) is 17.5. The van der Waals surface area contributed by atoms with Crippen LogP contribution in [0.4, 0.5) is 5.69 Å². The molecule has 1 heterocycles. The van der Waals surface area contributed by atoms with Crippen LogP contribution in [0.15, 0.2) is 54.6 Å². The number of hydrogen-bond acceptors (Lipinski definition) is 4. The summed E-state index contributed by atoms with van der Waals surface area (Å²) in [6.45, 7) is 1.39. The number of hydrogen-bond donors (Lipinski definition) is 2. The predicted molar refractivity (Wildman–Crippen MR) is 96.7 cm³/mol. The summed E-state index contributed by atoms with van der Waals surface area (Å²) in [5.74, 6) is 0.489. The van der Waals surface area contributed by atoms with Crippen LogP contribution in [-0.4, -0.2) is 27.7 Å². The first kappa shape index (κ1) is 17.7. The molecule has 1 aliphatic rings. The van der Waals surface area contributed by atoms with Gasteiger partial charge in [-0.2, -0.15) is 13.1 Å². The molecule has 0 spiro atoms. The van der Waals surface area contributed by atoms with E-state index >= 15 is 0 Å². The van der Waals surface area contributed by atoms with Crippen molar-refractivity contribution < 1.29 is 17.9 Å². The summed E-state index contributed by atoms with van der Waals surface area (Å²) >= 11 is 0. The van der Waals surface area contributed by atoms with E-state index in [0.717, 1.165) is 25.0 Å². The summed E-state index contributed by atoms with van der Waals surface area (Å²) in [5.41, 5.74) is 1.29. The van der Waals surface area contributed by atoms with Gasteiger partial charge in [0.2, 0.25) is 0 Å². The van der Waals surface area contributed by atoms with Crippen LogP contribution in [0.1, 0.15) is 18.4 Å². The molecular formula is C18H22N2O4S. The van der Waals surface area contributed by atoms with Crippen LogP contribution in [0.3, 0.4) is 0 Å². The summed E-state index contributed by atoms with van der Waals surface area (Å²) in [7, 11) is -3.70. The van der Waals surface area contributed by atoms with E-state index in [1.807, 2.05) is 30.3 Å². The molecule has 25 heavy (non-hydrogen) atoms.